The first-order valence-electron chi connectivity index (χ1n) is 5.93. The maximum atomic E-state index is 11.8. The van der Waals surface area contributed by atoms with Crippen molar-refractivity contribution in [1.82, 2.24) is 4.98 Å². The van der Waals surface area contributed by atoms with Gasteiger partial charge in [0.25, 0.3) is 5.78 Å². The number of carbonyl (C=O) groups excluding carboxylic acids is 2. The van der Waals surface area contributed by atoms with Gasteiger partial charge in [-0.15, -0.1) is 0 Å². The van der Waals surface area contributed by atoms with Gasteiger partial charge in [-0.2, -0.15) is 0 Å². The van der Waals surface area contributed by atoms with Gasteiger partial charge in [-0.3, -0.25) is 4.79 Å². The van der Waals surface area contributed by atoms with Crippen LogP contribution in [0.1, 0.15) is 24.2 Å². The Morgan fingerprint density at radius 3 is 2.63 bits per heavy atom. The van der Waals surface area contributed by atoms with E-state index in [0.29, 0.717) is 11.1 Å². The number of ether oxygens (including phenoxy) is 2. The Balaban J connectivity index is 2.45. The fourth-order valence-electron chi connectivity index (χ4n) is 1.84. The molecule has 0 fully saturated rings. The fourth-order valence-corrected chi connectivity index (χ4v) is 1.84. The Hall–Kier alpha value is -2.30. The van der Waals surface area contributed by atoms with E-state index < -0.39 is 11.8 Å². The summed E-state index contributed by atoms with van der Waals surface area (Å²) in [4.78, 5) is 26.1. The summed E-state index contributed by atoms with van der Waals surface area (Å²) >= 11 is 0. The molecule has 0 aliphatic carbocycles. The summed E-state index contributed by atoms with van der Waals surface area (Å²) in [6.45, 7) is 3.84. The van der Waals surface area contributed by atoms with Gasteiger partial charge in [-0.1, -0.05) is 0 Å². The van der Waals surface area contributed by atoms with Crippen molar-refractivity contribution < 1.29 is 19.1 Å². The Bertz CT molecular complexity index is 627. The lowest BCUT2D eigenvalue weighted by Gasteiger charge is -2.09. The van der Waals surface area contributed by atoms with Crippen molar-refractivity contribution in [2.24, 2.45) is 0 Å². The second-order valence-electron chi connectivity index (χ2n) is 4.40. The summed E-state index contributed by atoms with van der Waals surface area (Å²) in [7, 11) is 1.18. The molecule has 0 radical (unpaired) electrons. The minimum Gasteiger partial charge on any atom is -0.491 e. The summed E-state index contributed by atoms with van der Waals surface area (Å²) in [6, 6.07) is 5.36. The molecule has 0 aliphatic rings. The summed E-state index contributed by atoms with van der Waals surface area (Å²) in [6.07, 6.45) is 1.54. The molecule has 1 aromatic heterocycles. The molecule has 0 unspecified atom stereocenters. The number of H-pyrrole nitrogens is 1. The number of benzene rings is 1. The number of hydrogen-bond acceptors (Lipinski definition) is 4. The first-order valence-corrected chi connectivity index (χ1v) is 5.93. The van der Waals surface area contributed by atoms with Gasteiger partial charge in [0.2, 0.25) is 0 Å². The maximum absolute atomic E-state index is 11.8. The Morgan fingerprint density at radius 2 is 2.00 bits per heavy atom. The lowest BCUT2D eigenvalue weighted by molar-refractivity contribution is -0.135. The number of rotatable bonds is 4. The van der Waals surface area contributed by atoms with Crippen LogP contribution in [0.4, 0.5) is 0 Å². The molecule has 5 heteroatoms. The average molecular weight is 261 g/mol. The monoisotopic (exact) mass is 261 g/mol. The second-order valence-corrected chi connectivity index (χ2v) is 4.40. The highest BCUT2D eigenvalue weighted by molar-refractivity contribution is 6.42. The number of fused-ring (bicyclic) bond motifs is 1. The van der Waals surface area contributed by atoms with Crippen LogP contribution >= 0.6 is 0 Å². The number of methoxy groups -OCH3 is 1. The SMILES string of the molecule is COC(=O)C(=O)c1c[nH]c2ccc(OC(C)C)cc12. The molecule has 19 heavy (non-hydrogen) atoms. The molecule has 100 valence electrons. The molecule has 2 aromatic rings. The molecule has 2 rings (SSSR count). The van der Waals surface area contributed by atoms with Gasteiger partial charge >= 0.3 is 5.97 Å². The molecule has 0 aliphatic heterocycles. The van der Waals surface area contributed by atoms with Crippen LogP contribution in [0.5, 0.6) is 5.75 Å². The zero-order chi connectivity index (χ0) is 14.0. The third kappa shape index (κ3) is 2.59. The Kier molecular flexibility index (Phi) is 3.55. The van der Waals surface area contributed by atoms with E-state index in [1.807, 2.05) is 19.9 Å². The lowest BCUT2D eigenvalue weighted by atomic mass is 10.1. The fraction of sp³-hybridized carbons (Fsp3) is 0.286. The number of esters is 1. The van der Waals surface area contributed by atoms with Crippen molar-refractivity contribution in [3.05, 3.63) is 30.0 Å². The third-order valence-corrected chi connectivity index (χ3v) is 2.64. The number of ketones is 1. The predicted molar refractivity (Wildman–Crippen MR) is 70.4 cm³/mol. The molecule has 0 saturated heterocycles. The highest BCUT2D eigenvalue weighted by atomic mass is 16.5. The summed E-state index contributed by atoms with van der Waals surface area (Å²) in [5.74, 6) is -0.896. The summed E-state index contributed by atoms with van der Waals surface area (Å²) < 4.78 is 10.0. The van der Waals surface area contributed by atoms with Gasteiger partial charge < -0.3 is 14.5 Å². The minimum absolute atomic E-state index is 0.0381. The van der Waals surface area contributed by atoms with Gasteiger partial charge in [-0.05, 0) is 32.0 Å². The van der Waals surface area contributed by atoms with E-state index in [0.717, 1.165) is 5.52 Å². The molecule has 0 saturated carbocycles. The van der Waals surface area contributed by atoms with Gasteiger partial charge in [0.1, 0.15) is 5.75 Å². The van der Waals surface area contributed by atoms with E-state index in [1.165, 1.54) is 13.3 Å². The van der Waals surface area contributed by atoms with Crippen LogP contribution in [0.25, 0.3) is 10.9 Å². The highest BCUT2D eigenvalue weighted by Crippen LogP contribution is 2.25. The summed E-state index contributed by atoms with van der Waals surface area (Å²) in [5, 5.41) is 0.647. The first kappa shape index (κ1) is 13.1. The van der Waals surface area contributed by atoms with Crippen LogP contribution in [-0.4, -0.2) is 30.0 Å². The zero-order valence-corrected chi connectivity index (χ0v) is 11.0. The number of aromatic nitrogens is 1. The predicted octanol–water partition coefficient (Wildman–Crippen LogP) is 2.31. The van der Waals surface area contributed by atoms with E-state index in [9.17, 15) is 9.59 Å². The van der Waals surface area contributed by atoms with Crippen LogP contribution in [0, 0.1) is 0 Å². The number of aromatic amines is 1. The topological polar surface area (TPSA) is 68.4 Å². The molecular formula is C14H15NO4. The molecular weight excluding hydrogens is 246 g/mol. The van der Waals surface area contributed by atoms with Gasteiger partial charge in [0.15, 0.2) is 0 Å². The normalized spacial score (nSPS) is 10.7. The average Bonchev–Trinajstić information content (AvgIpc) is 2.79. The van der Waals surface area contributed by atoms with Crippen molar-refractivity contribution in [2.45, 2.75) is 20.0 Å². The Morgan fingerprint density at radius 1 is 1.26 bits per heavy atom. The standard InChI is InChI=1S/C14H15NO4/c1-8(2)19-9-4-5-12-10(6-9)11(7-15-12)13(16)14(17)18-3/h4-8,15H,1-3H3. The quantitative estimate of drug-likeness (QED) is 0.521. The van der Waals surface area contributed by atoms with E-state index >= 15 is 0 Å². The molecule has 0 amide bonds. The molecule has 5 nitrogen and oxygen atoms in total. The largest absolute Gasteiger partial charge is 0.491 e. The van der Waals surface area contributed by atoms with Crippen molar-refractivity contribution in [3.63, 3.8) is 0 Å². The Labute approximate surface area is 110 Å². The van der Waals surface area contributed by atoms with Crippen LogP contribution in [-0.2, 0) is 9.53 Å². The van der Waals surface area contributed by atoms with Crippen molar-refractivity contribution >= 4 is 22.7 Å². The van der Waals surface area contributed by atoms with Crippen molar-refractivity contribution in [3.8, 4) is 5.75 Å². The molecule has 0 spiro atoms. The van der Waals surface area contributed by atoms with E-state index in [1.54, 1.807) is 12.1 Å². The van der Waals surface area contributed by atoms with Crippen molar-refractivity contribution in [1.29, 1.82) is 0 Å². The second kappa shape index (κ2) is 5.14. The number of Topliss-reactive ketones (excluding diaryl/α,β-unsaturated/α-hetero) is 1. The van der Waals surface area contributed by atoms with E-state index in [2.05, 4.69) is 9.72 Å². The zero-order valence-electron chi connectivity index (χ0n) is 11.0. The summed E-state index contributed by atoms with van der Waals surface area (Å²) in [5.41, 5.74) is 1.06. The molecule has 1 heterocycles. The minimum atomic E-state index is -0.879. The van der Waals surface area contributed by atoms with Crippen LogP contribution in [0.3, 0.4) is 0 Å². The third-order valence-electron chi connectivity index (χ3n) is 2.64. The van der Waals surface area contributed by atoms with Gasteiger partial charge in [0, 0.05) is 17.1 Å². The lowest BCUT2D eigenvalue weighted by Crippen LogP contribution is -2.15. The van der Waals surface area contributed by atoms with Crippen LogP contribution in [0.15, 0.2) is 24.4 Å². The first-order chi connectivity index (χ1) is 9.02. The molecule has 1 aromatic carbocycles. The van der Waals surface area contributed by atoms with Crippen molar-refractivity contribution in [2.75, 3.05) is 7.11 Å². The van der Waals surface area contributed by atoms with Crippen LogP contribution in [0.2, 0.25) is 0 Å². The molecule has 0 bridgehead atoms. The number of carbonyl (C=O) groups is 2. The van der Waals surface area contributed by atoms with E-state index in [4.69, 9.17) is 4.74 Å². The van der Waals surface area contributed by atoms with Gasteiger partial charge in [0.05, 0.1) is 18.8 Å². The van der Waals surface area contributed by atoms with Gasteiger partial charge in [-0.25, -0.2) is 4.79 Å². The highest BCUT2D eigenvalue weighted by Gasteiger charge is 2.20. The number of nitrogens with one attached hydrogen (secondary N) is 1. The maximum Gasteiger partial charge on any atom is 0.379 e. The molecule has 1 N–H and O–H groups in total. The van der Waals surface area contributed by atoms with E-state index in [-0.39, 0.29) is 11.7 Å². The number of hydrogen-bond donors (Lipinski definition) is 1. The smallest absolute Gasteiger partial charge is 0.379 e. The molecule has 0 atom stereocenters. The van der Waals surface area contributed by atoms with Crippen LogP contribution < -0.4 is 4.74 Å².